The molecule has 1 aromatic carbocycles. The number of nitrogens with zero attached hydrogens (tertiary/aromatic N) is 1. The van der Waals surface area contributed by atoms with Crippen LogP contribution in [0.3, 0.4) is 0 Å². The van der Waals surface area contributed by atoms with Gasteiger partial charge in [-0.1, -0.05) is 15.9 Å². The Kier molecular flexibility index (Phi) is 4.36. The van der Waals surface area contributed by atoms with Crippen molar-refractivity contribution in [1.29, 1.82) is 0 Å². The molecule has 0 radical (unpaired) electrons. The summed E-state index contributed by atoms with van der Waals surface area (Å²) < 4.78 is 7.30. The van der Waals surface area contributed by atoms with Crippen molar-refractivity contribution in [2.24, 2.45) is 0 Å². The minimum Gasteiger partial charge on any atom is -0.453 e. The zero-order chi connectivity index (χ0) is 14.0. The number of nitrogens with one attached hydrogen (secondary N) is 1. The predicted octanol–water partition coefficient (Wildman–Crippen LogP) is 3.30. The molecular formula is C12H12Br2N2O3. The number of hydrogen-bond donors (Lipinski definition) is 2. The van der Waals surface area contributed by atoms with E-state index in [1.807, 2.05) is 12.1 Å². The Bertz CT molecular complexity index is 625. The summed E-state index contributed by atoms with van der Waals surface area (Å²) in [6.45, 7) is 0.440. The molecule has 2 aromatic rings. The maximum atomic E-state index is 11.0. The SMILES string of the molecule is COC(=O)NCCc1cn(O)c2c(Br)cc(Br)cc12. The van der Waals surface area contributed by atoms with Crippen molar-refractivity contribution in [3.8, 4) is 0 Å². The maximum absolute atomic E-state index is 11.0. The highest BCUT2D eigenvalue weighted by molar-refractivity contribution is 9.11. The Morgan fingerprint density at radius 3 is 2.89 bits per heavy atom. The van der Waals surface area contributed by atoms with Gasteiger partial charge in [0.1, 0.15) is 5.52 Å². The molecule has 7 heteroatoms. The average Bonchev–Trinajstić information content (AvgIpc) is 2.66. The lowest BCUT2D eigenvalue weighted by atomic mass is 10.1. The largest absolute Gasteiger partial charge is 0.453 e. The first-order chi connectivity index (χ1) is 9.02. The van der Waals surface area contributed by atoms with E-state index in [4.69, 9.17) is 0 Å². The fourth-order valence-corrected chi connectivity index (χ4v) is 3.30. The lowest BCUT2D eigenvalue weighted by molar-refractivity contribution is 0.171. The second kappa shape index (κ2) is 5.83. The van der Waals surface area contributed by atoms with E-state index >= 15 is 0 Å². The molecule has 1 aromatic heterocycles. The summed E-state index contributed by atoms with van der Waals surface area (Å²) in [5, 5.41) is 13.4. The molecule has 0 atom stereocenters. The number of aromatic nitrogens is 1. The molecule has 5 nitrogen and oxygen atoms in total. The number of alkyl carbamates (subject to hydrolysis) is 1. The summed E-state index contributed by atoms with van der Waals surface area (Å²) >= 11 is 6.83. The molecule has 0 saturated heterocycles. The number of ether oxygens (including phenoxy) is 1. The molecule has 0 saturated carbocycles. The zero-order valence-corrected chi connectivity index (χ0v) is 13.3. The highest BCUT2D eigenvalue weighted by Crippen LogP contribution is 2.31. The number of fused-ring (bicyclic) bond motifs is 1. The number of rotatable bonds is 3. The first kappa shape index (κ1) is 14.2. The van der Waals surface area contributed by atoms with Crippen LogP contribution < -0.4 is 5.32 Å². The van der Waals surface area contributed by atoms with Crippen LogP contribution >= 0.6 is 31.9 Å². The molecular weight excluding hydrogens is 380 g/mol. The summed E-state index contributed by atoms with van der Waals surface area (Å²) in [5.74, 6) is 0. The highest BCUT2D eigenvalue weighted by atomic mass is 79.9. The van der Waals surface area contributed by atoms with E-state index in [-0.39, 0.29) is 0 Å². The number of hydrogen-bond acceptors (Lipinski definition) is 3. The minimum absolute atomic E-state index is 0.440. The monoisotopic (exact) mass is 390 g/mol. The van der Waals surface area contributed by atoms with E-state index in [0.717, 1.165) is 24.6 Å². The number of carbonyl (C=O) groups excluding carboxylic acids is 1. The number of methoxy groups -OCH3 is 1. The Balaban J connectivity index is 2.26. The van der Waals surface area contributed by atoms with Gasteiger partial charge in [-0.15, -0.1) is 0 Å². The van der Waals surface area contributed by atoms with Gasteiger partial charge in [0.2, 0.25) is 0 Å². The molecule has 0 fully saturated rings. The highest BCUT2D eigenvalue weighted by Gasteiger charge is 2.12. The zero-order valence-electron chi connectivity index (χ0n) is 10.1. The maximum Gasteiger partial charge on any atom is 0.406 e. The fraction of sp³-hybridized carbons (Fsp3) is 0.250. The van der Waals surface area contributed by atoms with Crippen LogP contribution in [0.1, 0.15) is 5.56 Å². The second-order valence-electron chi connectivity index (χ2n) is 3.95. The van der Waals surface area contributed by atoms with Gasteiger partial charge in [0.05, 0.1) is 7.11 Å². The van der Waals surface area contributed by atoms with E-state index in [9.17, 15) is 10.0 Å². The average molecular weight is 392 g/mol. The second-order valence-corrected chi connectivity index (χ2v) is 5.72. The van der Waals surface area contributed by atoms with Gasteiger partial charge in [0.15, 0.2) is 0 Å². The van der Waals surface area contributed by atoms with Crippen LogP contribution in [0.25, 0.3) is 10.9 Å². The summed E-state index contributed by atoms with van der Waals surface area (Å²) in [4.78, 5) is 11.0. The summed E-state index contributed by atoms with van der Waals surface area (Å²) in [6, 6.07) is 3.80. The first-order valence-corrected chi connectivity index (χ1v) is 7.11. The van der Waals surface area contributed by atoms with Gasteiger partial charge in [-0.05, 0) is 40.0 Å². The van der Waals surface area contributed by atoms with Crippen molar-refractivity contribution >= 4 is 48.9 Å². The van der Waals surface area contributed by atoms with Crippen LogP contribution in [0.4, 0.5) is 4.79 Å². The van der Waals surface area contributed by atoms with Gasteiger partial charge >= 0.3 is 6.09 Å². The van der Waals surface area contributed by atoms with Crippen molar-refractivity contribution < 1.29 is 14.7 Å². The van der Waals surface area contributed by atoms with Crippen molar-refractivity contribution in [1.82, 2.24) is 10.0 Å². The van der Waals surface area contributed by atoms with Crippen LogP contribution in [0.5, 0.6) is 0 Å². The van der Waals surface area contributed by atoms with Gasteiger partial charge < -0.3 is 15.3 Å². The summed E-state index contributed by atoms with van der Waals surface area (Å²) in [7, 11) is 1.32. The Morgan fingerprint density at radius 2 is 2.21 bits per heavy atom. The third-order valence-electron chi connectivity index (χ3n) is 2.73. The van der Waals surface area contributed by atoms with Gasteiger partial charge in [-0.2, -0.15) is 4.73 Å². The summed E-state index contributed by atoms with van der Waals surface area (Å²) in [6.07, 6.45) is 1.78. The summed E-state index contributed by atoms with van der Waals surface area (Å²) in [5.41, 5.74) is 1.65. The van der Waals surface area contributed by atoms with Crippen molar-refractivity contribution in [3.05, 3.63) is 32.8 Å². The molecule has 102 valence electrons. The molecule has 0 aliphatic rings. The van der Waals surface area contributed by atoms with Crippen LogP contribution in [0.15, 0.2) is 27.3 Å². The number of amides is 1. The molecule has 0 spiro atoms. The van der Waals surface area contributed by atoms with Crippen molar-refractivity contribution in [2.45, 2.75) is 6.42 Å². The molecule has 2 rings (SSSR count). The first-order valence-electron chi connectivity index (χ1n) is 5.53. The topological polar surface area (TPSA) is 63.5 Å². The van der Waals surface area contributed by atoms with Gasteiger partial charge in [-0.3, -0.25) is 0 Å². The van der Waals surface area contributed by atoms with Gasteiger partial charge in [0, 0.05) is 27.1 Å². The van der Waals surface area contributed by atoms with E-state index < -0.39 is 6.09 Å². The quantitative estimate of drug-likeness (QED) is 0.789. The molecule has 1 heterocycles. The van der Waals surface area contributed by atoms with E-state index in [2.05, 4.69) is 41.9 Å². The molecule has 19 heavy (non-hydrogen) atoms. The fourth-order valence-electron chi connectivity index (χ4n) is 1.90. The van der Waals surface area contributed by atoms with Crippen molar-refractivity contribution in [3.63, 3.8) is 0 Å². The van der Waals surface area contributed by atoms with E-state index in [0.29, 0.717) is 18.5 Å². The molecule has 1 amide bonds. The lowest BCUT2D eigenvalue weighted by Crippen LogP contribution is -2.25. The molecule has 0 bridgehead atoms. The molecule has 0 aliphatic heterocycles. The Hall–Kier alpha value is -1.21. The normalized spacial score (nSPS) is 10.7. The predicted molar refractivity (Wildman–Crippen MR) is 78.6 cm³/mol. The third-order valence-corrected chi connectivity index (χ3v) is 3.79. The minimum atomic E-state index is -0.463. The lowest BCUT2D eigenvalue weighted by Gasteiger charge is -2.03. The standard InChI is InChI=1S/C12H12Br2N2O3/c1-19-12(17)15-3-2-7-6-16(18)11-9(7)4-8(13)5-10(11)14/h4-6,18H,2-3H2,1H3,(H,15,17). The van der Waals surface area contributed by atoms with E-state index in [1.54, 1.807) is 6.20 Å². The smallest absolute Gasteiger partial charge is 0.406 e. The van der Waals surface area contributed by atoms with Gasteiger partial charge in [0.25, 0.3) is 0 Å². The van der Waals surface area contributed by atoms with E-state index in [1.165, 1.54) is 7.11 Å². The molecule has 0 unspecified atom stereocenters. The number of halogens is 2. The van der Waals surface area contributed by atoms with Crippen LogP contribution in [-0.2, 0) is 11.2 Å². The van der Waals surface area contributed by atoms with Crippen LogP contribution in [0.2, 0.25) is 0 Å². The van der Waals surface area contributed by atoms with Crippen LogP contribution in [-0.4, -0.2) is 29.7 Å². The Labute approximate surface area is 126 Å². The number of benzene rings is 1. The number of carbonyl (C=O) groups is 1. The van der Waals surface area contributed by atoms with Gasteiger partial charge in [-0.25, -0.2) is 4.79 Å². The molecule has 2 N–H and O–H groups in total. The van der Waals surface area contributed by atoms with Crippen molar-refractivity contribution in [2.75, 3.05) is 13.7 Å². The third kappa shape index (κ3) is 3.03. The van der Waals surface area contributed by atoms with Crippen LogP contribution in [0, 0.1) is 0 Å². The molecule has 0 aliphatic carbocycles. The Morgan fingerprint density at radius 1 is 1.47 bits per heavy atom.